The Morgan fingerprint density at radius 2 is 1.85 bits per heavy atom. The second kappa shape index (κ2) is 7.26. The Morgan fingerprint density at radius 3 is 2.54 bits per heavy atom. The lowest BCUT2D eigenvalue weighted by atomic mass is 10.1. The van der Waals surface area contributed by atoms with Crippen molar-refractivity contribution in [3.05, 3.63) is 64.1 Å². The Morgan fingerprint density at radius 1 is 1.12 bits per heavy atom. The number of hydrogen-bond acceptors (Lipinski definition) is 5. The molecule has 0 aliphatic heterocycles. The largest absolute Gasteiger partial charge is 0.497 e. The summed E-state index contributed by atoms with van der Waals surface area (Å²) in [4.78, 5) is 24.7. The number of nitrogens with zero attached hydrogens (tertiary/aromatic N) is 2. The predicted molar refractivity (Wildman–Crippen MR) is 97.7 cm³/mol. The summed E-state index contributed by atoms with van der Waals surface area (Å²) in [5.74, 6) is 0.716. The maximum absolute atomic E-state index is 12.6. The highest BCUT2D eigenvalue weighted by molar-refractivity contribution is 5.97. The number of fused-ring (bicyclic) bond motifs is 1. The highest BCUT2D eigenvalue weighted by Crippen LogP contribution is 2.24. The SMILES string of the molecule is COc1ccc(C(=O)NCc2nn(C)c(=O)c3ccccc23)c(OC)c1. The molecular weight excluding hydrogens is 334 g/mol. The minimum absolute atomic E-state index is 0.174. The lowest BCUT2D eigenvalue weighted by molar-refractivity contribution is 0.0947. The molecule has 3 rings (SSSR count). The Bertz CT molecular complexity index is 1030. The molecule has 0 radical (unpaired) electrons. The molecule has 26 heavy (non-hydrogen) atoms. The number of amides is 1. The van der Waals surface area contributed by atoms with E-state index in [1.54, 1.807) is 44.5 Å². The molecule has 0 saturated heterocycles. The number of methoxy groups -OCH3 is 2. The molecule has 0 aliphatic rings. The number of aryl methyl sites for hydroxylation is 1. The predicted octanol–water partition coefficient (Wildman–Crippen LogP) is 1.88. The van der Waals surface area contributed by atoms with Gasteiger partial charge in [-0.2, -0.15) is 5.10 Å². The average Bonchev–Trinajstić information content (AvgIpc) is 2.68. The van der Waals surface area contributed by atoms with Gasteiger partial charge in [-0.25, -0.2) is 4.68 Å². The summed E-state index contributed by atoms with van der Waals surface area (Å²) in [6.07, 6.45) is 0. The molecule has 1 amide bonds. The van der Waals surface area contributed by atoms with Crippen LogP contribution in [0.4, 0.5) is 0 Å². The third-order valence-electron chi connectivity index (χ3n) is 4.10. The Kier molecular flexibility index (Phi) is 4.88. The molecule has 0 saturated carbocycles. The molecule has 0 unspecified atom stereocenters. The van der Waals surface area contributed by atoms with Gasteiger partial charge in [-0.05, 0) is 18.2 Å². The van der Waals surface area contributed by atoms with Gasteiger partial charge in [0.05, 0.1) is 37.4 Å². The fourth-order valence-corrected chi connectivity index (χ4v) is 2.75. The highest BCUT2D eigenvalue weighted by atomic mass is 16.5. The van der Waals surface area contributed by atoms with E-state index in [1.807, 2.05) is 12.1 Å². The van der Waals surface area contributed by atoms with Gasteiger partial charge in [-0.15, -0.1) is 0 Å². The van der Waals surface area contributed by atoms with Crippen molar-refractivity contribution in [1.29, 1.82) is 0 Å². The van der Waals surface area contributed by atoms with E-state index < -0.39 is 0 Å². The molecule has 134 valence electrons. The minimum Gasteiger partial charge on any atom is -0.497 e. The van der Waals surface area contributed by atoms with Crippen LogP contribution in [0, 0.1) is 0 Å². The van der Waals surface area contributed by atoms with Crippen LogP contribution in [0.2, 0.25) is 0 Å². The van der Waals surface area contributed by atoms with Gasteiger partial charge in [0, 0.05) is 18.5 Å². The molecule has 0 spiro atoms. The van der Waals surface area contributed by atoms with Crippen LogP contribution in [0.25, 0.3) is 10.8 Å². The number of aromatic nitrogens is 2. The molecule has 1 N–H and O–H groups in total. The topological polar surface area (TPSA) is 82.5 Å². The van der Waals surface area contributed by atoms with Crippen molar-refractivity contribution in [2.75, 3.05) is 14.2 Å². The molecule has 0 atom stereocenters. The Balaban J connectivity index is 1.88. The van der Waals surface area contributed by atoms with Crippen molar-refractivity contribution in [1.82, 2.24) is 15.1 Å². The zero-order chi connectivity index (χ0) is 18.7. The summed E-state index contributed by atoms with van der Waals surface area (Å²) in [7, 11) is 4.63. The Hall–Kier alpha value is -3.35. The van der Waals surface area contributed by atoms with Crippen molar-refractivity contribution < 1.29 is 14.3 Å². The number of carbonyl (C=O) groups excluding carboxylic acids is 1. The first-order valence-corrected chi connectivity index (χ1v) is 8.00. The van der Waals surface area contributed by atoms with E-state index in [0.29, 0.717) is 28.1 Å². The van der Waals surface area contributed by atoms with E-state index in [0.717, 1.165) is 5.39 Å². The van der Waals surface area contributed by atoms with Crippen molar-refractivity contribution in [3.8, 4) is 11.5 Å². The zero-order valence-electron chi connectivity index (χ0n) is 14.8. The third kappa shape index (κ3) is 3.23. The summed E-state index contributed by atoms with van der Waals surface area (Å²) in [5, 5.41) is 8.39. The van der Waals surface area contributed by atoms with E-state index >= 15 is 0 Å². The molecular formula is C19H19N3O4. The normalized spacial score (nSPS) is 10.6. The number of carbonyl (C=O) groups is 1. The van der Waals surface area contributed by atoms with E-state index in [2.05, 4.69) is 10.4 Å². The van der Waals surface area contributed by atoms with E-state index in [4.69, 9.17) is 9.47 Å². The van der Waals surface area contributed by atoms with Gasteiger partial charge in [-0.1, -0.05) is 18.2 Å². The first-order chi connectivity index (χ1) is 12.5. The smallest absolute Gasteiger partial charge is 0.274 e. The molecule has 0 fully saturated rings. The van der Waals surface area contributed by atoms with Crippen LogP contribution in [-0.2, 0) is 13.6 Å². The molecule has 7 heteroatoms. The van der Waals surface area contributed by atoms with Crippen LogP contribution in [0.3, 0.4) is 0 Å². The number of ether oxygens (including phenoxy) is 2. The molecule has 0 aliphatic carbocycles. The van der Waals surface area contributed by atoms with Gasteiger partial charge in [-0.3, -0.25) is 9.59 Å². The summed E-state index contributed by atoms with van der Waals surface area (Å²) in [6.45, 7) is 0.183. The second-order valence-corrected chi connectivity index (χ2v) is 5.67. The molecule has 3 aromatic rings. The Labute approximate surface area is 150 Å². The average molecular weight is 353 g/mol. The monoisotopic (exact) mass is 353 g/mol. The number of nitrogens with one attached hydrogen (secondary N) is 1. The number of rotatable bonds is 5. The fourth-order valence-electron chi connectivity index (χ4n) is 2.75. The first kappa shape index (κ1) is 17.5. The standard InChI is InChI=1S/C19H19N3O4/c1-22-19(24)14-7-5-4-6-13(14)16(21-22)11-20-18(23)15-9-8-12(25-2)10-17(15)26-3/h4-10H,11H2,1-3H3,(H,20,23). The summed E-state index contributed by atoms with van der Waals surface area (Å²) in [5.41, 5.74) is 0.832. The van der Waals surface area contributed by atoms with Crippen LogP contribution >= 0.6 is 0 Å². The van der Waals surface area contributed by atoms with E-state index in [9.17, 15) is 9.59 Å². The summed E-state index contributed by atoms with van der Waals surface area (Å²) < 4.78 is 11.7. The summed E-state index contributed by atoms with van der Waals surface area (Å²) >= 11 is 0. The highest BCUT2D eigenvalue weighted by Gasteiger charge is 2.15. The molecule has 0 bridgehead atoms. The minimum atomic E-state index is -0.302. The summed E-state index contributed by atoms with van der Waals surface area (Å²) in [6, 6.07) is 12.2. The van der Waals surface area contributed by atoms with Crippen LogP contribution in [0.5, 0.6) is 11.5 Å². The maximum atomic E-state index is 12.6. The quantitative estimate of drug-likeness (QED) is 0.757. The maximum Gasteiger partial charge on any atom is 0.274 e. The van der Waals surface area contributed by atoms with Gasteiger partial charge in [0.2, 0.25) is 0 Å². The van der Waals surface area contributed by atoms with Gasteiger partial charge in [0.25, 0.3) is 11.5 Å². The van der Waals surface area contributed by atoms with Crippen molar-refractivity contribution in [2.24, 2.45) is 7.05 Å². The molecule has 1 aromatic heterocycles. The van der Waals surface area contributed by atoms with E-state index in [-0.39, 0.29) is 18.0 Å². The fraction of sp³-hybridized carbons (Fsp3) is 0.211. The molecule has 2 aromatic carbocycles. The van der Waals surface area contributed by atoms with Crippen molar-refractivity contribution >= 4 is 16.7 Å². The van der Waals surface area contributed by atoms with Crippen LogP contribution in [0.15, 0.2) is 47.3 Å². The van der Waals surface area contributed by atoms with Crippen LogP contribution in [-0.4, -0.2) is 29.9 Å². The number of hydrogen-bond donors (Lipinski definition) is 1. The van der Waals surface area contributed by atoms with Crippen LogP contribution in [0.1, 0.15) is 16.1 Å². The van der Waals surface area contributed by atoms with Gasteiger partial charge in [0.15, 0.2) is 0 Å². The zero-order valence-corrected chi connectivity index (χ0v) is 14.8. The molecule has 7 nitrogen and oxygen atoms in total. The molecule has 1 heterocycles. The second-order valence-electron chi connectivity index (χ2n) is 5.67. The van der Waals surface area contributed by atoms with Crippen LogP contribution < -0.4 is 20.3 Å². The van der Waals surface area contributed by atoms with Gasteiger partial charge in [0.1, 0.15) is 11.5 Å². The lowest BCUT2D eigenvalue weighted by Crippen LogP contribution is -2.27. The van der Waals surface area contributed by atoms with Crippen molar-refractivity contribution in [2.45, 2.75) is 6.54 Å². The first-order valence-electron chi connectivity index (χ1n) is 8.00. The van der Waals surface area contributed by atoms with Gasteiger partial charge < -0.3 is 14.8 Å². The third-order valence-corrected chi connectivity index (χ3v) is 4.10. The van der Waals surface area contributed by atoms with E-state index in [1.165, 1.54) is 11.8 Å². The van der Waals surface area contributed by atoms with Crippen molar-refractivity contribution in [3.63, 3.8) is 0 Å². The number of benzene rings is 2. The lowest BCUT2D eigenvalue weighted by Gasteiger charge is -2.12. The van der Waals surface area contributed by atoms with Gasteiger partial charge >= 0.3 is 0 Å².